The van der Waals surface area contributed by atoms with E-state index in [4.69, 9.17) is 33.7 Å². The molecule has 22 heavy (non-hydrogen) atoms. The van der Waals surface area contributed by atoms with Crippen LogP contribution in [-0.2, 0) is 0 Å². The number of fused-ring (bicyclic) bond motifs is 1. The number of hydrogen-bond donors (Lipinski definition) is 2. The van der Waals surface area contributed by atoms with Gasteiger partial charge in [0, 0.05) is 10.6 Å². The molecule has 0 amide bonds. The fourth-order valence-corrected chi connectivity index (χ4v) is 2.85. The average molecular weight is 333 g/mol. The third-order valence-electron chi connectivity index (χ3n) is 3.48. The lowest BCUT2D eigenvalue weighted by molar-refractivity contribution is 0.393. The van der Waals surface area contributed by atoms with E-state index in [2.05, 4.69) is 6.07 Å². The van der Waals surface area contributed by atoms with Crippen molar-refractivity contribution >= 4 is 23.2 Å². The lowest BCUT2D eigenvalue weighted by atomic mass is 9.83. The second kappa shape index (κ2) is 5.45. The summed E-state index contributed by atoms with van der Waals surface area (Å²) in [6.45, 7) is 0. The van der Waals surface area contributed by atoms with Crippen LogP contribution in [0.2, 0.25) is 10.0 Å². The van der Waals surface area contributed by atoms with Crippen LogP contribution in [0.25, 0.3) is 0 Å². The summed E-state index contributed by atoms with van der Waals surface area (Å²) in [6.07, 6.45) is 0. The minimum Gasteiger partial charge on any atom is -0.506 e. The fraction of sp³-hybridized carbons (Fsp3) is 0.0625. The predicted molar refractivity (Wildman–Crippen MR) is 83.9 cm³/mol. The SMILES string of the molecule is N#CC1=C(N)Oc2ccc(Cl)cc2C1c1ccc(O)c(Cl)c1. The summed E-state index contributed by atoms with van der Waals surface area (Å²) in [5.41, 5.74) is 7.57. The summed E-state index contributed by atoms with van der Waals surface area (Å²) in [7, 11) is 0. The van der Waals surface area contributed by atoms with Gasteiger partial charge in [-0.1, -0.05) is 29.3 Å². The molecule has 3 N–H and O–H groups in total. The molecule has 110 valence electrons. The van der Waals surface area contributed by atoms with Gasteiger partial charge in [0.25, 0.3) is 0 Å². The summed E-state index contributed by atoms with van der Waals surface area (Å²) in [5, 5.41) is 19.7. The highest BCUT2D eigenvalue weighted by Gasteiger charge is 2.31. The van der Waals surface area contributed by atoms with Gasteiger partial charge in [0.05, 0.1) is 10.9 Å². The van der Waals surface area contributed by atoms with Crippen LogP contribution in [0.3, 0.4) is 0 Å². The summed E-state index contributed by atoms with van der Waals surface area (Å²) in [6, 6.07) is 12.0. The van der Waals surface area contributed by atoms with E-state index in [1.807, 2.05) is 0 Å². The molecule has 0 saturated carbocycles. The third kappa shape index (κ3) is 2.35. The van der Waals surface area contributed by atoms with Gasteiger partial charge in [0.15, 0.2) is 0 Å². The van der Waals surface area contributed by atoms with Gasteiger partial charge < -0.3 is 15.6 Å². The van der Waals surface area contributed by atoms with Crippen molar-refractivity contribution < 1.29 is 9.84 Å². The van der Waals surface area contributed by atoms with Crippen LogP contribution < -0.4 is 10.5 Å². The zero-order valence-electron chi connectivity index (χ0n) is 11.2. The van der Waals surface area contributed by atoms with Crippen molar-refractivity contribution in [3.05, 3.63) is 69.0 Å². The molecule has 3 rings (SSSR count). The molecule has 1 aliphatic rings. The van der Waals surface area contributed by atoms with Gasteiger partial charge in [-0.2, -0.15) is 5.26 Å². The standard InChI is InChI=1S/C16H10Cl2N2O2/c17-9-2-4-14-10(6-9)15(11(7-19)16(20)22-14)8-1-3-13(21)12(18)5-8/h1-6,15,21H,20H2. The first kappa shape index (κ1) is 14.6. The maximum Gasteiger partial charge on any atom is 0.205 e. The molecule has 0 saturated heterocycles. The number of benzene rings is 2. The summed E-state index contributed by atoms with van der Waals surface area (Å²) >= 11 is 12.0. The van der Waals surface area contributed by atoms with Crippen LogP contribution in [0.15, 0.2) is 47.9 Å². The predicted octanol–water partition coefficient (Wildman–Crippen LogP) is 3.92. The molecule has 1 atom stereocenters. The fourth-order valence-electron chi connectivity index (χ4n) is 2.48. The van der Waals surface area contributed by atoms with Gasteiger partial charge in [-0.3, -0.25) is 0 Å². The van der Waals surface area contributed by atoms with Crippen LogP contribution in [0.4, 0.5) is 0 Å². The molecular weight excluding hydrogens is 323 g/mol. The van der Waals surface area contributed by atoms with Gasteiger partial charge in [0.2, 0.25) is 5.88 Å². The molecule has 4 nitrogen and oxygen atoms in total. The van der Waals surface area contributed by atoms with E-state index in [1.165, 1.54) is 6.07 Å². The average Bonchev–Trinajstić information content (AvgIpc) is 2.49. The summed E-state index contributed by atoms with van der Waals surface area (Å²) in [5.74, 6) is 0.103. The van der Waals surface area contributed by atoms with Crippen molar-refractivity contribution in [2.45, 2.75) is 5.92 Å². The van der Waals surface area contributed by atoms with E-state index in [1.54, 1.807) is 30.3 Å². The first-order valence-corrected chi connectivity index (χ1v) is 7.12. The Morgan fingerprint density at radius 3 is 2.64 bits per heavy atom. The van der Waals surface area contributed by atoms with Gasteiger partial charge in [-0.05, 0) is 35.9 Å². The number of nitriles is 1. The van der Waals surface area contributed by atoms with Crippen LogP contribution >= 0.6 is 23.2 Å². The maximum atomic E-state index is 9.58. The first-order valence-electron chi connectivity index (χ1n) is 6.36. The number of aromatic hydroxyl groups is 1. The zero-order chi connectivity index (χ0) is 15.9. The molecule has 1 heterocycles. The third-order valence-corrected chi connectivity index (χ3v) is 4.02. The topological polar surface area (TPSA) is 79.3 Å². The number of phenols is 1. The lowest BCUT2D eigenvalue weighted by Gasteiger charge is -2.26. The van der Waals surface area contributed by atoms with Gasteiger partial charge in [-0.25, -0.2) is 0 Å². The molecule has 2 aromatic rings. The number of nitrogens with zero attached hydrogens (tertiary/aromatic N) is 1. The number of rotatable bonds is 1. The molecule has 0 bridgehead atoms. The van der Waals surface area contributed by atoms with Crippen molar-refractivity contribution in [3.8, 4) is 17.6 Å². The van der Waals surface area contributed by atoms with Crippen molar-refractivity contribution in [2.24, 2.45) is 5.73 Å². The maximum absolute atomic E-state index is 9.58. The molecular formula is C16H10Cl2N2O2. The monoisotopic (exact) mass is 332 g/mol. The van der Waals surface area contributed by atoms with E-state index < -0.39 is 5.92 Å². The molecule has 1 unspecified atom stereocenters. The molecule has 1 aliphatic heterocycles. The molecule has 6 heteroatoms. The quantitative estimate of drug-likeness (QED) is 0.829. The zero-order valence-corrected chi connectivity index (χ0v) is 12.7. The van der Waals surface area contributed by atoms with Crippen molar-refractivity contribution in [1.82, 2.24) is 0 Å². The van der Waals surface area contributed by atoms with Crippen LogP contribution in [0.1, 0.15) is 17.0 Å². The van der Waals surface area contributed by atoms with Crippen molar-refractivity contribution in [1.29, 1.82) is 5.26 Å². The number of hydrogen-bond acceptors (Lipinski definition) is 4. The Balaban J connectivity index is 2.25. The molecule has 2 aromatic carbocycles. The van der Waals surface area contributed by atoms with E-state index in [0.29, 0.717) is 16.3 Å². The Morgan fingerprint density at radius 2 is 1.95 bits per heavy atom. The van der Waals surface area contributed by atoms with Crippen molar-refractivity contribution in [3.63, 3.8) is 0 Å². The van der Waals surface area contributed by atoms with Gasteiger partial charge in [0.1, 0.15) is 23.1 Å². The number of phenolic OH excluding ortho intramolecular Hbond substituents is 1. The molecule has 0 radical (unpaired) electrons. The minimum absolute atomic E-state index is 0.0285. The normalized spacial score (nSPS) is 16.7. The number of ether oxygens (including phenoxy) is 1. The van der Waals surface area contributed by atoms with E-state index in [-0.39, 0.29) is 22.2 Å². The Labute approximate surface area is 136 Å². The van der Waals surface area contributed by atoms with Crippen LogP contribution in [0.5, 0.6) is 11.5 Å². The highest BCUT2D eigenvalue weighted by atomic mass is 35.5. The van der Waals surface area contributed by atoms with E-state index in [9.17, 15) is 10.4 Å². The van der Waals surface area contributed by atoms with Crippen LogP contribution in [-0.4, -0.2) is 5.11 Å². The molecule has 0 aliphatic carbocycles. The highest BCUT2D eigenvalue weighted by molar-refractivity contribution is 6.32. The Hall–Kier alpha value is -2.35. The van der Waals surface area contributed by atoms with E-state index in [0.717, 1.165) is 5.56 Å². The summed E-state index contributed by atoms with van der Waals surface area (Å²) in [4.78, 5) is 0. The molecule has 0 fully saturated rings. The molecule has 0 aromatic heterocycles. The van der Waals surface area contributed by atoms with Gasteiger partial charge >= 0.3 is 0 Å². The number of nitrogens with two attached hydrogens (primary N) is 1. The van der Waals surface area contributed by atoms with Crippen molar-refractivity contribution in [2.75, 3.05) is 0 Å². The molecule has 0 spiro atoms. The second-order valence-corrected chi connectivity index (χ2v) is 5.66. The Bertz CT molecular complexity index is 841. The lowest BCUT2D eigenvalue weighted by Crippen LogP contribution is -2.21. The smallest absolute Gasteiger partial charge is 0.205 e. The van der Waals surface area contributed by atoms with Crippen LogP contribution in [0, 0.1) is 11.3 Å². The Kier molecular flexibility index (Phi) is 3.61. The summed E-state index contributed by atoms with van der Waals surface area (Å²) < 4.78 is 5.49. The number of allylic oxidation sites excluding steroid dienone is 1. The first-order chi connectivity index (χ1) is 10.5. The van der Waals surface area contributed by atoms with Gasteiger partial charge in [-0.15, -0.1) is 0 Å². The second-order valence-electron chi connectivity index (χ2n) is 4.82. The Morgan fingerprint density at radius 1 is 1.18 bits per heavy atom. The number of halogens is 2. The largest absolute Gasteiger partial charge is 0.506 e. The van der Waals surface area contributed by atoms with E-state index >= 15 is 0 Å². The highest BCUT2D eigenvalue weighted by Crippen LogP contribution is 2.44. The minimum atomic E-state index is -0.453.